The minimum atomic E-state index is -0.159. The topological polar surface area (TPSA) is 20.2 Å². The molecule has 2 aromatic rings. The first-order valence-corrected chi connectivity index (χ1v) is 7.67. The van der Waals surface area contributed by atoms with Crippen LogP contribution >= 0.6 is 0 Å². The maximum atomic E-state index is 13.9. The summed E-state index contributed by atoms with van der Waals surface area (Å²) in [5, 5.41) is 9.54. The van der Waals surface area contributed by atoms with Gasteiger partial charge in [0.15, 0.2) is 0 Å². The van der Waals surface area contributed by atoms with E-state index in [1.54, 1.807) is 24.3 Å². The van der Waals surface area contributed by atoms with Crippen molar-refractivity contribution in [2.24, 2.45) is 0 Å². The SMILES string of the molecule is Cc1cc(F)cc(C2(c3ccc(O)cc3)CCCCC2)c1. The van der Waals surface area contributed by atoms with E-state index in [1.165, 1.54) is 12.0 Å². The maximum absolute atomic E-state index is 13.9. The molecule has 1 aliphatic carbocycles. The second kappa shape index (κ2) is 5.51. The van der Waals surface area contributed by atoms with Crippen molar-refractivity contribution in [1.29, 1.82) is 0 Å². The summed E-state index contributed by atoms with van der Waals surface area (Å²) in [6.45, 7) is 1.94. The predicted octanol–water partition coefficient (Wildman–Crippen LogP) is 5.09. The number of phenols is 1. The average Bonchev–Trinajstić information content (AvgIpc) is 2.47. The van der Waals surface area contributed by atoms with Gasteiger partial charge in [-0.1, -0.05) is 37.5 Å². The van der Waals surface area contributed by atoms with Gasteiger partial charge in [0.05, 0.1) is 0 Å². The summed E-state index contributed by atoms with van der Waals surface area (Å²) in [6.07, 6.45) is 5.66. The quantitative estimate of drug-likeness (QED) is 0.814. The highest BCUT2D eigenvalue weighted by Gasteiger charge is 2.36. The number of rotatable bonds is 2. The Kier molecular flexibility index (Phi) is 3.71. The second-order valence-corrected chi connectivity index (χ2v) is 6.21. The van der Waals surface area contributed by atoms with Gasteiger partial charge in [0.25, 0.3) is 0 Å². The van der Waals surface area contributed by atoms with Crippen molar-refractivity contribution < 1.29 is 9.50 Å². The summed E-state index contributed by atoms with van der Waals surface area (Å²) >= 11 is 0. The fourth-order valence-corrected chi connectivity index (χ4v) is 3.69. The van der Waals surface area contributed by atoms with Crippen LogP contribution in [0, 0.1) is 12.7 Å². The highest BCUT2D eigenvalue weighted by Crippen LogP contribution is 2.45. The van der Waals surface area contributed by atoms with Crippen LogP contribution in [0.4, 0.5) is 4.39 Å². The highest BCUT2D eigenvalue weighted by atomic mass is 19.1. The van der Waals surface area contributed by atoms with Crippen LogP contribution in [-0.2, 0) is 5.41 Å². The molecule has 0 atom stereocenters. The Bertz CT molecular complexity index is 604. The van der Waals surface area contributed by atoms with Gasteiger partial charge in [-0.3, -0.25) is 0 Å². The summed E-state index contributed by atoms with van der Waals surface area (Å²) < 4.78 is 13.9. The van der Waals surface area contributed by atoms with Crippen LogP contribution in [0.2, 0.25) is 0 Å². The Morgan fingerprint density at radius 3 is 2.19 bits per heavy atom. The number of hydrogen-bond acceptors (Lipinski definition) is 1. The first-order valence-electron chi connectivity index (χ1n) is 7.67. The van der Waals surface area contributed by atoms with Crippen molar-refractivity contribution in [1.82, 2.24) is 0 Å². The summed E-state index contributed by atoms with van der Waals surface area (Å²) in [5.74, 6) is 0.119. The molecule has 0 radical (unpaired) electrons. The molecule has 0 spiro atoms. The summed E-state index contributed by atoms with van der Waals surface area (Å²) in [5.41, 5.74) is 3.11. The third-order valence-corrected chi connectivity index (χ3v) is 4.72. The average molecular weight is 284 g/mol. The highest BCUT2D eigenvalue weighted by molar-refractivity contribution is 5.43. The van der Waals surface area contributed by atoms with E-state index < -0.39 is 0 Å². The molecule has 2 aromatic carbocycles. The van der Waals surface area contributed by atoms with Crippen molar-refractivity contribution in [3.8, 4) is 5.75 Å². The zero-order valence-electron chi connectivity index (χ0n) is 12.4. The van der Waals surface area contributed by atoms with Gasteiger partial charge < -0.3 is 5.11 Å². The summed E-state index contributed by atoms with van der Waals surface area (Å²) in [6, 6.07) is 12.8. The molecule has 0 aliphatic heterocycles. The first kappa shape index (κ1) is 14.1. The zero-order valence-corrected chi connectivity index (χ0v) is 12.4. The smallest absolute Gasteiger partial charge is 0.123 e. The summed E-state index contributed by atoms with van der Waals surface area (Å²) in [4.78, 5) is 0. The lowest BCUT2D eigenvalue weighted by Crippen LogP contribution is -2.30. The Balaban J connectivity index is 2.14. The Morgan fingerprint density at radius 1 is 0.905 bits per heavy atom. The van der Waals surface area contributed by atoms with Crippen LogP contribution in [0.1, 0.15) is 48.8 Å². The molecule has 3 rings (SSSR count). The summed E-state index contributed by atoms with van der Waals surface area (Å²) in [7, 11) is 0. The van der Waals surface area contributed by atoms with Gasteiger partial charge >= 0.3 is 0 Å². The number of halogens is 1. The van der Waals surface area contributed by atoms with Gasteiger partial charge in [0, 0.05) is 5.41 Å². The van der Waals surface area contributed by atoms with Crippen molar-refractivity contribution in [3.05, 3.63) is 65.0 Å². The molecule has 21 heavy (non-hydrogen) atoms. The predicted molar refractivity (Wildman–Crippen MR) is 83.1 cm³/mol. The molecule has 0 saturated heterocycles. The van der Waals surface area contributed by atoms with Gasteiger partial charge in [0.2, 0.25) is 0 Å². The van der Waals surface area contributed by atoms with Gasteiger partial charge in [-0.2, -0.15) is 0 Å². The van der Waals surface area contributed by atoms with Gasteiger partial charge in [-0.25, -0.2) is 4.39 Å². The lowest BCUT2D eigenvalue weighted by molar-refractivity contribution is 0.344. The van der Waals surface area contributed by atoms with Crippen LogP contribution in [0.3, 0.4) is 0 Å². The van der Waals surface area contributed by atoms with Crippen molar-refractivity contribution in [2.75, 3.05) is 0 Å². The van der Waals surface area contributed by atoms with Crippen LogP contribution in [0.25, 0.3) is 0 Å². The monoisotopic (exact) mass is 284 g/mol. The lowest BCUT2D eigenvalue weighted by Gasteiger charge is -2.39. The molecule has 2 heteroatoms. The van der Waals surface area contributed by atoms with Crippen LogP contribution in [-0.4, -0.2) is 5.11 Å². The molecule has 1 aliphatic rings. The Morgan fingerprint density at radius 2 is 1.57 bits per heavy atom. The molecule has 110 valence electrons. The van der Waals surface area contributed by atoms with E-state index in [0.717, 1.165) is 36.8 Å². The largest absolute Gasteiger partial charge is 0.508 e. The second-order valence-electron chi connectivity index (χ2n) is 6.21. The molecular weight excluding hydrogens is 263 g/mol. The number of benzene rings is 2. The number of aromatic hydroxyl groups is 1. The Labute approximate surface area is 125 Å². The van der Waals surface area contributed by atoms with E-state index in [1.807, 2.05) is 19.1 Å². The van der Waals surface area contributed by atoms with Gasteiger partial charge in [-0.15, -0.1) is 0 Å². The number of phenolic OH excluding ortho intramolecular Hbond substituents is 1. The molecule has 0 unspecified atom stereocenters. The van der Waals surface area contributed by atoms with Crippen LogP contribution in [0.5, 0.6) is 5.75 Å². The molecular formula is C19H21FO. The third kappa shape index (κ3) is 2.67. The third-order valence-electron chi connectivity index (χ3n) is 4.72. The Hall–Kier alpha value is -1.83. The molecule has 0 amide bonds. The molecule has 1 saturated carbocycles. The van der Waals surface area contributed by atoms with Crippen molar-refractivity contribution in [2.45, 2.75) is 44.4 Å². The van der Waals surface area contributed by atoms with Gasteiger partial charge in [0.1, 0.15) is 11.6 Å². The van der Waals surface area contributed by atoms with Crippen molar-refractivity contribution >= 4 is 0 Å². The van der Waals surface area contributed by atoms with E-state index in [9.17, 15) is 9.50 Å². The van der Waals surface area contributed by atoms with E-state index in [0.29, 0.717) is 0 Å². The number of aryl methyl sites for hydroxylation is 1. The minimum Gasteiger partial charge on any atom is -0.508 e. The van der Waals surface area contributed by atoms with Crippen molar-refractivity contribution in [3.63, 3.8) is 0 Å². The van der Waals surface area contributed by atoms with E-state index in [4.69, 9.17) is 0 Å². The standard InChI is InChI=1S/C19H21FO/c1-14-11-16(13-17(20)12-14)19(9-3-2-4-10-19)15-5-7-18(21)8-6-15/h5-8,11-13,21H,2-4,9-10H2,1H3. The van der Waals surface area contributed by atoms with Gasteiger partial charge in [-0.05, 0) is 60.7 Å². The van der Waals surface area contributed by atoms with E-state index in [-0.39, 0.29) is 17.0 Å². The maximum Gasteiger partial charge on any atom is 0.123 e. The normalized spacial score (nSPS) is 17.6. The van der Waals surface area contributed by atoms with E-state index in [2.05, 4.69) is 6.07 Å². The number of hydrogen-bond donors (Lipinski definition) is 1. The molecule has 0 aromatic heterocycles. The lowest BCUT2D eigenvalue weighted by atomic mass is 9.65. The molecule has 1 fully saturated rings. The first-order chi connectivity index (χ1) is 10.1. The fourth-order valence-electron chi connectivity index (χ4n) is 3.69. The fraction of sp³-hybridized carbons (Fsp3) is 0.368. The molecule has 0 bridgehead atoms. The molecule has 0 heterocycles. The zero-order chi connectivity index (χ0) is 14.9. The molecule has 1 nitrogen and oxygen atoms in total. The van der Waals surface area contributed by atoms with Crippen LogP contribution in [0.15, 0.2) is 42.5 Å². The van der Waals surface area contributed by atoms with Crippen LogP contribution < -0.4 is 0 Å². The molecule has 1 N–H and O–H groups in total. The minimum absolute atomic E-state index is 0.112. The van der Waals surface area contributed by atoms with E-state index >= 15 is 0 Å².